The maximum atomic E-state index is 5.78. The highest BCUT2D eigenvalue weighted by molar-refractivity contribution is 5.42. The first-order valence-corrected chi connectivity index (χ1v) is 7.13. The van der Waals surface area contributed by atoms with Crippen molar-refractivity contribution >= 4 is 17.8 Å². The molecule has 0 saturated carbocycles. The molecule has 0 bridgehead atoms. The van der Waals surface area contributed by atoms with E-state index >= 15 is 0 Å². The van der Waals surface area contributed by atoms with Crippen LogP contribution in [0.4, 0.5) is 17.8 Å². The monoisotopic (exact) mass is 285 g/mol. The summed E-state index contributed by atoms with van der Waals surface area (Å²) in [6.07, 6.45) is 4.12. The minimum absolute atomic E-state index is 0.243. The van der Waals surface area contributed by atoms with Crippen molar-refractivity contribution in [1.29, 1.82) is 0 Å². The zero-order valence-corrected chi connectivity index (χ0v) is 12.1. The van der Waals surface area contributed by atoms with Crippen LogP contribution in [-0.4, -0.2) is 33.0 Å². The zero-order valence-electron chi connectivity index (χ0n) is 12.1. The van der Waals surface area contributed by atoms with E-state index in [-0.39, 0.29) is 5.95 Å². The van der Waals surface area contributed by atoms with Gasteiger partial charge in [0.1, 0.15) is 0 Å². The molecule has 7 heteroatoms. The Balaban J connectivity index is 1.74. The van der Waals surface area contributed by atoms with Gasteiger partial charge in [-0.3, -0.25) is 4.98 Å². The number of nitrogens with one attached hydrogen (secondary N) is 1. The first kappa shape index (κ1) is 13.5. The number of hydrogen-bond donors (Lipinski definition) is 2. The summed E-state index contributed by atoms with van der Waals surface area (Å²) in [4.78, 5) is 19.3. The highest BCUT2D eigenvalue weighted by Crippen LogP contribution is 2.18. The van der Waals surface area contributed by atoms with Gasteiger partial charge in [0.25, 0.3) is 0 Å². The lowest BCUT2D eigenvalue weighted by Crippen LogP contribution is -2.22. The maximum absolute atomic E-state index is 5.78. The number of anilines is 3. The molecule has 3 rings (SSSR count). The van der Waals surface area contributed by atoms with E-state index in [4.69, 9.17) is 5.73 Å². The Bertz CT molecular complexity index is 622. The van der Waals surface area contributed by atoms with Crippen LogP contribution in [-0.2, 0) is 6.54 Å². The second-order valence-electron chi connectivity index (χ2n) is 5.13. The van der Waals surface area contributed by atoms with E-state index in [1.807, 2.05) is 19.1 Å². The molecule has 0 amide bonds. The lowest BCUT2D eigenvalue weighted by atomic mass is 10.2. The van der Waals surface area contributed by atoms with Crippen LogP contribution in [0.3, 0.4) is 0 Å². The smallest absolute Gasteiger partial charge is 0.231 e. The van der Waals surface area contributed by atoms with Crippen LogP contribution in [0.1, 0.15) is 24.1 Å². The fraction of sp³-hybridized carbons (Fsp3) is 0.429. The summed E-state index contributed by atoms with van der Waals surface area (Å²) in [6, 6.07) is 3.95. The van der Waals surface area contributed by atoms with Crippen molar-refractivity contribution in [2.75, 3.05) is 29.0 Å². The molecule has 1 aliphatic rings. The van der Waals surface area contributed by atoms with Crippen LogP contribution < -0.4 is 16.0 Å². The molecule has 110 valence electrons. The van der Waals surface area contributed by atoms with Crippen LogP contribution in [0, 0.1) is 6.92 Å². The topological polar surface area (TPSA) is 92.8 Å². The molecule has 0 aromatic carbocycles. The van der Waals surface area contributed by atoms with Crippen molar-refractivity contribution in [3.63, 3.8) is 0 Å². The second-order valence-corrected chi connectivity index (χ2v) is 5.13. The summed E-state index contributed by atoms with van der Waals surface area (Å²) in [7, 11) is 0. The molecular weight excluding hydrogens is 266 g/mol. The van der Waals surface area contributed by atoms with Gasteiger partial charge in [-0.25, -0.2) is 0 Å². The normalized spacial score (nSPS) is 14.4. The third-order valence-corrected chi connectivity index (χ3v) is 3.56. The van der Waals surface area contributed by atoms with Crippen molar-refractivity contribution in [3.8, 4) is 0 Å². The summed E-state index contributed by atoms with van der Waals surface area (Å²) in [5, 5.41) is 3.18. The fourth-order valence-electron chi connectivity index (χ4n) is 2.38. The predicted octanol–water partition coefficient (Wildman–Crippen LogP) is 1.37. The van der Waals surface area contributed by atoms with Crippen molar-refractivity contribution in [3.05, 3.63) is 29.6 Å². The summed E-state index contributed by atoms with van der Waals surface area (Å²) in [5.41, 5.74) is 7.88. The molecular formula is C14H19N7. The Morgan fingerprint density at radius 2 is 2.05 bits per heavy atom. The molecule has 1 aliphatic heterocycles. The van der Waals surface area contributed by atoms with Crippen molar-refractivity contribution in [1.82, 2.24) is 19.9 Å². The fourth-order valence-corrected chi connectivity index (χ4v) is 2.38. The van der Waals surface area contributed by atoms with Crippen molar-refractivity contribution in [2.45, 2.75) is 26.3 Å². The summed E-state index contributed by atoms with van der Waals surface area (Å²) in [6.45, 7) is 4.54. The molecule has 21 heavy (non-hydrogen) atoms. The quantitative estimate of drug-likeness (QED) is 0.876. The van der Waals surface area contributed by atoms with Gasteiger partial charge in [-0.05, 0) is 31.4 Å². The Kier molecular flexibility index (Phi) is 3.81. The van der Waals surface area contributed by atoms with E-state index in [1.54, 1.807) is 6.20 Å². The first-order valence-electron chi connectivity index (χ1n) is 7.13. The molecule has 0 spiro atoms. The Labute approximate surface area is 123 Å². The van der Waals surface area contributed by atoms with Gasteiger partial charge in [0.15, 0.2) is 0 Å². The van der Waals surface area contributed by atoms with Gasteiger partial charge in [0, 0.05) is 19.3 Å². The summed E-state index contributed by atoms with van der Waals surface area (Å²) in [5.74, 6) is 1.39. The standard InChI is InChI=1S/C14H19N7/c1-10-5-4-6-16-11(10)9-17-13-18-12(15)19-14(20-13)21-7-2-3-8-21/h4-6H,2-3,7-9H2,1H3,(H3,15,17,18,19,20). The Morgan fingerprint density at radius 1 is 1.24 bits per heavy atom. The van der Waals surface area contributed by atoms with E-state index in [1.165, 1.54) is 12.8 Å². The minimum Gasteiger partial charge on any atom is -0.368 e. The van der Waals surface area contributed by atoms with Crippen molar-refractivity contribution in [2.24, 2.45) is 0 Å². The number of aromatic nitrogens is 4. The molecule has 0 unspecified atom stereocenters. The molecule has 1 saturated heterocycles. The number of aryl methyl sites for hydroxylation is 1. The zero-order chi connectivity index (χ0) is 14.7. The molecule has 0 radical (unpaired) electrons. The SMILES string of the molecule is Cc1cccnc1CNc1nc(N)nc(N2CCCC2)n1. The summed E-state index contributed by atoms with van der Waals surface area (Å²) < 4.78 is 0. The average molecular weight is 285 g/mol. The van der Waals surface area contributed by atoms with Crippen LogP contribution >= 0.6 is 0 Å². The molecule has 0 atom stereocenters. The van der Waals surface area contributed by atoms with Gasteiger partial charge in [0.2, 0.25) is 17.8 Å². The number of nitrogens with zero attached hydrogens (tertiary/aromatic N) is 5. The lowest BCUT2D eigenvalue weighted by Gasteiger charge is -2.16. The van der Waals surface area contributed by atoms with Gasteiger partial charge in [-0.15, -0.1) is 0 Å². The molecule has 3 heterocycles. The van der Waals surface area contributed by atoms with Gasteiger partial charge >= 0.3 is 0 Å². The predicted molar refractivity (Wildman–Crippen MR) is 82.0 cm³/mol. The van der Waals surface area contributed by atoms with E-state index < -0.39 is 0 Å². The minimum atomic E-state index is 0.243. The highest BCUT2D eigenvalue weighted by Gasteiger charge is 2.16. The Hall–Kier alpha value is -2.44. The van der Waals surface area contributed by atoms with E-state index in [0.717, 1.165) is 24.3 Å². The summed E-state index contributed by atoms with van der Waals surface area (Å²) >= 11 is 0. The largest absolute Gasteiger partial charge is 0.368 e. The highest BCUT2D eigenvalue weighted by atomic mass is 15.3. The molecule has 1 fully saturated rings. The lowest BCUT2D eigenvalue weighted by molar-refractivity contribution is 0.878. The van der Waals surface area contributed by atoms with Gasteiger partial charge in [0.05, 0.1) is 12.2 Å². The van der Waals surface area contributed by atoms with E-state index in [2.05, 4.69) is 30.2 Å². The first-order chi connectivity index (χ1) is 10.2. The van der Waals surface area contributed by atoms with Gasteiger partial charge < -0.3 is 16.0 Å². The third kappa shape index (κ3) is 3.18. The van der Waals surface area contributed by atoms with Gasteiger partial charge in [-0.2, -0.15) is 15.0 Å². The number of hydrogen-bond acceptors (Lipinski definition) is 7. The van der Waals surface area contributed by atoms with Gasteiger partial charge in [-0.1, -0.05) is 6.07 Å². The second kappa shape index (κ2) is 5.90. The van der Waals surface area contributed by atoms with Crippen LogP contribution in [0.2, 0.25) is 0 Å². The molecule has 2 aromatic heterocycles. The van der Waals surface area contributed by atoms with E-state index in [9.17, 15) is 0 Å². The number of rotatable bonds is 4. The maximum Gasteiger partial charge on any atom is 0.231 e. The average Bonchev–Trinajstić information content (AvgIpc) is 3.00. The van der Waals surface area contributed by atoms with Crippen LogP contribution in [0.5, 0.6) is 0 Å². The molecule has 0 aliphatic carbocycles. The van der Waals surface area contributed by atoms with Crippen LogP contribution in [0.25, 0.3) is 0 Å². The number of pyridine rings is 1. The molecule has 2 aromatic rings. The number of nitrogens with two attached hydrogens (primary N) is 1. The Morgan fingerprint density at radius 3 is 2.81 bits per heavy atom. The third-order valence-electron chi connectivity index (χ3n) is 3.56. The number of nitrogen functional groups attached to an aromatic ring is 1. The van der Waals surface area contributed by atoms with Crippen LogP contribution in [0.15, 0.2) is 18.3 Å². The molecule has 7 nitrogen and oxygen atoms in total. The van der Waals surface area contributed by atoms with Crippen molar-refractivity contribution < 1.29 is 0 Å². The van der Waals surface area contributed by atoms with E-state index in [0.29, 0.717) is 18.4 Å². The molecule has 3 N–H and O–H groups in total.